The first-order valence-electron chi connectivity index (χ1n) is 1.53. The second-order valence-corrected chi connectivity index (χ2v) is 3.68. The molecule has 0 unspecified atom stereocenters. The number of hydrogen-bond acceptors (Lipinski definition) is 3. The maximum Gasteiger partial charge on any atom is 2.00 e. The summed E-state index contributed by atoms with van der Waals surface area (Å²) in [5.41, 5.74) is 0. The van der Waals surface area contributed by atoms with Gasteiger partial charge in [0.1, 0.15) is 0 Å². The monoisotopic (exact) mass is 294 g/mol. The zero-order chi connectivity index (χ0) is 7.71. The van der Waals surface area contributed by atoms with Crippen LogP contribution in [0.15, 0.2) is 0 Å². The van der Waals surface area contributed by atoms with Gasteiger partial charge in [0.25, 0.3) is 0 Å². The quantitative estimate of drug-likeness (QED) is 0.375. The Balaban J connectivity index is -0.0000000213. The van der Waals surface area contributed by atoms with E-state index in [0.29, 0.717) is 0 Å². The fourth-order valence-electron chi connectivity index (χ4n) is 0.139. The summed E-state index contributed by atoms with van der Waals surface area (Å²) in [6.45, 7) is 0. The van der Waals surface area contributed by atoms with E-state index < -0.39 is 15.6 Å². The van der Waals surface area contributed by atoms with Crippen LogP contribution < -0.4 is 0 Å². The Morgan fingerprint density at radius 3 is 1.18 bits per heavy atom. The smallest absolute Gasteiger partial charge is 1.00 e. The van der Waals surface area contributed by atoms with E-state index in [1.54, 1.807) is 0 Å². The fraction of sp³-hybridized carbons (Fsp3) is 0. The largest absolute Gasteiger partial charge is 2.00 e. The van der Waals surface area contributed by atoms with Crippen molar-refractivity contribution in [3.63, 3.8) is 0 Å². The fourth-order valence-corrected chi connectivity index (χ4v) is 1.25. The Hall–Kier alpha value is 2.51. The summed E-state index contributed by atoms with van der Waals surface area (Å²) >= 11 is 0. The third-order valence-corrected chi connectivity index (χ3v) is 1.91. The van der Waals surface area contributed by atoms with E-state index in [2.05, 4.69) is 4.31 Å². The second kappa shape index (κ2) is 6.89. The minimum atomic E-state index is -5.05. The van der Waals surface area contributed by atoms with Crippen LogP contribution in [0.3, 0.4) is 0 Å². The molecule has 0 amide bonds. The van der Waals surface area contributed by atoms with Crippen LogP contribution in [-0.4, -0.2) is 88.1 Å². The maximum absolute atomic E-state index is 9.63. The van der Waals surface area contributed by atoms with Crippen molar-refractivity contribution in [3.8, 4) is 0 Å². The van der Waals surface area contributed by atoms with Gasteiger partial charge in [0.15, 0.2) is 0 Å². The van der Waals surface area contributed by atoms with Gasteiger partial charge in [-0.1, -0.05) is 0 Å². The van der Waals surface area contributed by atoms with Gasteiger partial charge in [-0.15, -0.1) is 0 Å². The first kappa shape index (κ1) is 19.1. The molecule has 0 saturated heterocycles. The van der Waals surface area contributed by atoms with Crippen molar-refractivity contribution in [1.82, 2.24) is 0 Å². The Kier molecular flexibility index (Phi) is 12.0. The van der Waals surface area contributed by atoms with Crippen LogP contribution in [0.4, 0.5) is 0 Å². The van der Waals surface area contributed by atoms with Gasteiger partial charge in [0, 0.05) is 0 Å². The molecule has 0 aromatic carbocycles. The summed E-state index contributed by atoms with van der Waals surface area (Å²) in [6.07, 6.45) is 0. The molecule has 0 spiro atoms. The van der Waals surface area contributed by atoms with Gasteiger partial charge in [0.2, 0.25) is 0 Å². The Bertz CT molecular complexity index is 169. The summed E-state index contributed by atoms with van der Waals surface area (Å²) in [5.74, 6) is 0. The van der Waals surface area contributed by atoms with Crippen LogP contribution in [0.5, 0.6) is 0 Å². The SMILES string of the molecule is O=P(O)(O)OP(=O)(O)O.[H-].[H-].[H-].[H-].[Mg+2].[Sr+2]. The van der Waals surface area contributed by atoms with Gasteiger partial charge in [-0.2, -0.15) is 4.31 Å². The van der Waals surface area contributed by atoms with E-state index in [1.165, 1.54) is 0 Å². The van der Waals surface area contributed by atoms with E-state index >= 15 is 0 Å². The zero-order valence-corrected chi connectivity index (χ0v) is 12.0. The number of hydrogen-bond donors (Lipinski definition) is 4. The van der Waals surface area contributed by atoms with Crippen molar-refractivity contribution in [3.05, 3.63) is 0 Å². The predicted molar refractivity (Wildman–Crippen MR) is 41.1 cm³/mol. The Morgan fingerprint density at radius 1 is 1.00 bits per heavy atom. The molecule has 64 valence electrons. The molecule has 0 aliphatic rings. The number of rotatable bonds is 2. The molecule has 0 rings (SSSR count). The summed E-state index contributed by atoms with van der Waals surface area (Å²) in [7, 11) is -10.1. The van der Waals surface area contributed by atoms with E-state index in [9.17, 15) is 9.13 Å². The van der Waals surface area contributed by atoms with Crippen molar-refractivity contribution < 1.29 is 38.7 Å². The molecule has 4 N–H and O–H groups in total. The van der Waals surface area contributed by atoms with Crippen LogP contribution in [0, 0.1) is 0 Å². The summed E-state index contributed by atoms with van der Waals surface area (Å²) in [6, 6.07) is 0. The predicted octanol–water partition coefficient (Wildman–Crippen LogP) is -1.12. The average molecular weight is 294 g/mol. The van der Waals surface area contributed by atoms with Crippen molar-refractivity contribution in [2.75, 3.05) is 0 Å². The van der Waals surface area contributed by atoms with Crippen LogP contribution in [0.1, 0.15) is 5.71 Å². The number of phosphoric acid groups is 2. The summed E-state index contributed by atoms with van der Waals surface area (Å²) in [5, 5.41) is 0. The zero-order valence-electron chi connectivity index (χ0n) is 9.32. The summed E-state index contributed by atoms with van der Waals surface area (Å²) < 4.78 is 22.2. The molecule has 0 bridgehead atoms. The van der Waals surface area contributed by atoms with Gasteiger partial charge >= 0.3 is 84.2 Å². The molecule has 0 fully saturated rings. The molecule has 0 saturated carbocycles. The molecular weight excluding hydrogens is 286 g/mol. The Labute approximate surface area is 121 Å². The Morgan fingerprint density at radius 2 is 1.18 bits per heavy atom. The molecule has 0 radical (unpaired) electrons. The molecule has 0 heterocycles. The molecule has 0 aliphatic carbocycles. The maximum atomic E-state index is 9.63. The molecule has 0 aromatic rings. The third kappa shape index (κ3) is 19.1. The van der Waals surface area contributed by atoms with Gasteiger partial charge in [0.05, 0.1) is 0 Å². The first-order valence-corrected chi connectivity index (χ1v) is 4.59. The van der Waals surface area contributed by atoms with E-state index in [-0.39, 0.29) is 74.2 Å². The van der Waals surface area contributed by atoms with Crippen molar-refractivity contribution in [2.45, 2.75) is 0 Å². The molecule has 11 heteroatoms. The van der Waals surface area contributed by atoms with Crippen LogP contribution in [0.2, 0.25) is 0 Å². The normalized spacial score (nSPS) is 11.3. The standard InChI is InChI=1S/Mg.H4O7P2.Sr.4H/c;1-8(2,3)7-9(4,5)6;;;;;/h;(H2,1,2,3)(H2,4,5,6);;;;;/q+2;;+2;4*-1. The van der Waals surface area contributed by atoms with E-state index in [0.717, 1.165) is 0 Å². The van der Waals surface area contributed by atoms with Gasteiger partial charge in [-0.25, -0.2) is 9.13 Å². The van der Waals surface area contributed by atoms with Gasteiger partial charge < -0.3 is 25.3 Å². The third-order valence-electron chi connectivity index (χ3n) is 0.213. The van der Waals surface area contributed by atoms with Crippen molar-refractivity contribution >= 4 is 84.2 Å². The minimum absolute atomic E-state index is 0. The van der Waals surface area contributed by atoms with E-state index in [1.807, 2.05) is 0 Å². The van der Waals surface area contributed by atoms with Crippen molar-refractivity contribution in [1.29, 1.82) is 0 Å². The topological polar surface area (TPSA) is 124 Å². The molecule has 11 heavy (non-hydrogen) atoms. The molecular formula is H8MgO7P2Sr. The van der Waals surface area contributed by atoms with Crippen LogP contribution in [0.25, 0.3) is 0 Å². The molecule has 7 nitrogen and oxygen atoms in total. The van der Waals surface area contributed by atoms with Gasteiger partial charge in [-0.05, 0) is 0 Å². The average Bonchev–Trinajstić information content (AvgIpc) is 1.14. The molecule has 0 aromatic heterocycles. The minimum Gasteiger partial charge on any atom is -1.00 e. The molecule has 0 atom stereocenters. The van der Waals surface area contributed by atoms with Crippen LogP contribution in [-0.2, 0) is 13.4 Å². The molecule has 0 aliphatic heterocycles. The van der Waals surface area contributed by atoms with E-state index in [4.69, 9.17) is 19.6 Å². The van der Waals surface area contributed by atoms with Crippen molar-refractivity contribution in [2.24, 2.45) is 0 Å². The van der Waals surface area contributed by atoms with Gasteiger partial charge in [-0.3, -0.25) is 0 Å². The first-order chi connectivity index (χ1) is 3.71. The summed E-state index contributed by atoms with van der Waals surface area (Å²) in [4.78, 5) is 31.0. The van der Waals surface area contributed by atoms with Crippen LogP contribution >= 0.6 is 15.6 Å². The second-order valence-electron chi connectivity index (χ2n) is 1.06.